The maximum Gasteiger partial charge on any atom is 0.348 e. The second kappa shape index (κ2) is 5.37. The van der Waals surface area contributed by atoms with Crippen LogP contribution in [0, 0.1) is 0 Å². The fourth-order valence-corrected chi connectivity index (χ4v) is 3.22. The molecule has 0 radical (unpaired) electrons. The normalized spacial score (nSPS) is 10.4. The van der Waals surface area contributed by atoms with E-state index in [1.807, 2.05) is 0 Å². The van der Waals surface area contributed by atoms with Crippen LogP contribution in [-0.4, -0.2) is 28.1 Å². The Morgan fingerprint density at radius 2 is 2.22 bits per heavy atom. The van der Waals surface area contributed by atoms with Crippen molar-refractivity contribution in [2.75, 3.05) is 12.4 Å². The fraction of sp³-hybridized carbons (Fsp3) is 0.222. The van der Waals surface area contributed by atoms with Crippen LogP contribution < -0.4 is 5.32 Å². The molecule has 0 unspecified atom stereocenters. The van der Waals surface area contributed by atoms with Crippen molar-refractivity contribution < 1.29 is 9.53 Å². The molecule has 96 valence electrons. The lowest BCUT2D eigenvalue weighted by atomic mass is 10.5. The Labute approximate surface area is 124 Å². The van der Waals surface area contributed by atoms with Gasteiger partial charge in [-0.05, 0) is 37.9 Å². The summed E-state index contributed by atoms with van der Waals surface area (Å²) in [4.78, 5) is 13.3. The fourth-order valence-electron chi connectivity index (χ4n) is 1.22. The van der Waals surface area contributed by atoms with E-state index in [9.17, 15) is 4.79 Å². The molecule has 0 bridgehead atoms. The van der Waals surface area contributed by atoms with Crippen molar-refractivity contribution in [3.8, 4) is 0 Å². The third-order valence-corrected chi connectivity index (χ3v) is 4.43. The van der Waals surface area contributed by atoms with Crippen LogP contribution in [0.5, 0.6) is 0 Å². The van der Waals surface area contributed by atoms with Gasteiger partial charge in [-0.2, -0.15) is 4.80 Å². The number of aryl methyl sites for hydroxylation is 1. The Hall–Kier alpha value is -0.930. The van der Waals surface area contributed by atoms with Crippen molar-refractivity contribution in [2.24, 2.45) is 7.05 Å². The summed E-state index contributed by atoms with van der Waals surface area (Å²) in [7, 11) is 3.07. The molecular weight excluding hydrogens is 388 g/mol. The number of anilines is 2. The van der Waals surface area contributed by atoms with E-state index in [4.69, 9.17) is 0 Å². The van der Waals surface area contributed by atoms with Gasteiger partial charge < -0.3 is 10.1 Å². The first-order valence-corrected chi connectivity index (χ1v) is 7.13. The van der Waals surface area contributed by atoms with Gasteiger partial charge in [-0.1, -0.05) is 0 Å². The van der Waals surface area contributed by atoms with E-state index >= 15 is 0 Å². The zero-order valence-electron chi connectivity index (χ0n) is 9.40. The molecule has 0 aromatic carbocycles. The molecule has 0 saturated carbocycles. The standard InChI is InChI=1S/C9H8Br2N4O2S/c1-15-13-6(11)7(14-15)12-8-4(10)3-5(18-8)9(16)17-2/h3H,1-2H3,(H,12,14). The molecular formula is C9H8Br2N4O2S. The van der Waals surface area contributed by atoms with Crippen molar-refractivity contribution in [1.29, 1.82) is 0 Å². The molecule has 0 atom stereocenters. The predicted octanol–water partition coefficient (Wildman–Crippen LogP) is 2.93. The van der Waals surface area contributed by atoms with E-state index in [1.165, 1.54) is 23.2 Å². The number of carbonyl (C=O) groups is 1. The van der Waals surface area contributed by atoms with Crippen molar-refractivity contribution >= 4 is 60.0 Å². The molecule has 1 N–H and O–H groups in total. The van der Waals surface area contributed by atoms with Gasteiger partial charge in [0, 0.05) is 7.05 Å². The second-order valence-electron chi connectivity index (χ2n) is 3.23. The molecule has 2 aromatic rings. The van der Waals surface area contributed by atoms with Crippen LogP contribution in [0.2, 0.25) is 0 Å². The van der Waals surface area contributed by atoms with Gasteiger partial charge in [-0.25, -0.2) is 4.79 Å². The first kappa shape index (κ1) is 13.5. The highest BCUT2D eigenvalue weighted by Gasteiger charge is 2.16. The van der Waals surface area contributed by atoms with Crippen molar-refractivity contribution in [1.82, 2.24) is 15.0 Å². The lowest BCUT2D eigenvalue weighted by Crippen LogP contribution is -1.96. The predicted molar refractivity (Wildman–Crippen MR) is 75.3 cm³/mol. The van der Waals surface area contributed by atoms with Gasteiger partial charge in [0.2, 0.25) is 0 Å². The van der Waals surface area contributed by atoms with Gasteiger partial charge in [0.25, 0.3) is 0 Å². The van der Waals surface area contributed by atoms with Crippen molar-refractivity contribution in [2.45, 2.75) is 0 Å². The number of aromatic nitrogens is 3. The summed E-state index contributed by atoms with van der Waals surface area (Å²) in [6.07, 6.45) is 0. The maximum atomic E-state index is 11.4. The monoisotopic (exact) mass is 394 g/mol. The topological polar surface area (TPSA) is 69.0 Å². The highest BCUT2D eigenvalue weighted by atomic mass is 79.9. The SMILES string of the molecule is COC(=O)c1cc(Br)c(Nc2nn(C)nc2Br)s1. The Morgan fingerprint density at radius 3 is 2.78 bits per heavy atom. The van der Waals surface area contributed by atoms with Gasteiger partial charge in [-0.15, -0.1) is 21.5 Å². The lowest BCUT2D eigenvalue weighted by molar-refractivity contribution is 0.0606. The smallest absolute Gasteiger partial charge is 0.348 e. The lowest BCUT2D eigenvalue weighted by Gasteiger charge is -1.99. The minimum absolute atomic E-state index is 0.369. The first-order chi connectivity index (χ1) is 8.51. The summed E-state index contributed by atoms with van der Waals surface area (Å²) < 4.78 is 6.03. The van der Waals surface area contributed by atoms with E-state index in [1.54, 1.807) is 13.1 Å². The zero-order chi connectivity index (χ0) is 13.3. The summed E-state index contributed by atoms with van der Waals surface area (Å²) >= 11 is 7.94. The third kappa shape index (κ3) is 2.73. The van der Waals surface area contributed by atoms with E-state index in [0.717, 1.165) is 9.47 Å². The number of halogens is 2. The molecule has 0 amide bonds. The number of rotatable bonds is 3. The highest BCUT2D eigenvalue weighted by Crippen LogP contribution is 2.35. The van der Waals surface area contributed by atoms with Gasteiger partial charge in [0.1, 0.15) is 9.88 Å². The minimum atomic E-state index is -0.369. The molecule has 0 aliphatic carbocycles. The molecule has 2 aromatic heterocycles. The maximum absolute atomic E-state index is 11.4. The van der Waals surface area contributed by atoms with Crippen LogP contribution in [0.3, 0.4) is 0 Å². The first-order valence-electron chi connectivity index (χ1n) is 4.72. The molecule has 18 heavy (non-hydrogen) atoms. The van der Waals surface area contributed by atoms with Crippen molar-refractivity contribution in [3.05, 3.63) is 20.0 Å². The second-order valence-corrected chi connectivity index (χ2v) is 5.89. The van der Waals surface area contributed by atoms with E-state index in [0.29, 0.717) is 15.3 Å². The molecule has 9 heteroatoms. The molecule has 2 rings (SSSR count). The molecule has 2 heterocycles. The zero-order valence-corrected chi connectivity index (χ0v) is 13.4. The molecule has 0 fully saturated rings. The minimum Gasteiger partial charge on any atom is -0.465 e. The summed E-state index contributed by atoms with van der Waals surface area (Å²) in [5, 5.41) is 12.0. The number of nitrogens with zero attached hydrogens (tertiary/aromatic N) is 3. The summed E-state index contributed by atoms with van der Waals surface area (Å²) in [5.41, 5.74) is 0. The average molecular weight is 396 g/mol. The number of esters is 1. The van der Waals surface area contributed by atoms with Gasteiger partial charge in [0.15, 0.2) is 10.4 Å². The van der Waals surface area contributed by atoms with Crippen LogP contribution in [0.1, 0.15) is 9.67 Å². The quantitative estimate of drug-likeness (QED) is 0.809. The molecule has 0 aliphatic rings. The number of nitrogens with one attached hydrogen (secondary N) is 1. The molecule has 6 nitrogen and oxygen atoms in total. The number of hydrogen-bond donors (Lipinski definition) is 1. The third-order valence-electron chi connectivity index (χ3n) is 1.98. The van der Waals surface area contributed by atoms with Crippen LogP contribution in [0.4, 0.5) is 10.8 Å². The molecule has 0 spiro atoms. The number of hydrogen-bond acceptors (Lipinski definition) is 6. The van der Waals surface area contributed by atoms with Gasteiger partial charge >= 0.3 is 5.97 Å². The van der Waals surface area contributed by atoms with Crippen LogP contribution in [-0.2, 0) is 11.8 Å². The Morgan fingerprint density at radius 1 is 1.50 bits per heavy atom. The highest BCUT2D eigenvalue weighted by molar-refractivity contribution is 9.11. The van der Waals surface area contributed by atoms with Gasteiger partial charge in [-0.3, -0.25) is 0 Å². The molecule has 0 aliphatic heterocycles. The Balaban J connectivity index is 2.27. The summed E-state index contributed by atoms with van der Waals surface area (Å²) in [5.74, 6) is 0.212. The number of ether oxygens (including phenoxy) is 1. The Kier molecular flexibility index (Phi) is 4.03. The number of carbonyl (C=O) groups excluding carboxylic acids is 1. The summed E-state index contributed by atoms with van der Waals surface area (Å²) in [6.45, 7) is 0. The van der Waals surface area contributed by atoms with Crippen LogP contribution in [0.15, 0.2) is 15.1 Å². The van der Waals surface area contributed by atoms with Crippen molar-refractivity contribution in [3.63, 3.8) is 0 Å². The summed E-state index contributed by atoms with van der Waals surface area (Å²) in [6, 6.07) is 1.70. The molecule has 0 saturated heterocycles. The van der Waals surface area contributed by atoms with Crippen LogP contribution in [0.25, 0.3) is 0 Å². The number of thiophene rings is 1. The van der Waals surface area contributed by atoms with E-state index in [2.05, 4.69) is 52.1 Å². The number of methoxy groups -OCH3 is 1. The Bertz CT molecular complexity index is 595. The largest absolute Gasteiger partial charge is 0.465 e. The van der Waals surface area contributed by atoms with E-state index < -0.39 is 0 Å². The van der Waals surface area contributed by atoms with E-state index in [-0.39, 0.29) is 5.97 Å². The average Bonchev–Trinajstić information content (AvgIpc) is 2.83. The van der Waals surface area contributed by atoms with Gasteiger partial charge in [0.05, 0.1) is 11.6 Å². The van der Waals surface area contributed by atoms with Crippen LogP contribution >= 0.6 is 43.2 Å².